The number of hydrogen-bond acceptors (Lipinski definition) is 4. The van der Waals surface area contributed by atoms with Gasteiger partial charge in [-0.3, -0.25) is 4.79 Å². The van der Waals surface area contributed by atoms with Crippen LogP contribution in [-0.2, 0) is 11.4 Å². The van der Waals surface area contributed by atoms with Crippen molar-refractivity contribution in [3.63, 3.8) is 0 Å². The Balaban J connectivity index is 1.95. The minimum Gasteiger partial charge on any atom is -0.489 e. The van der Waals surface area contributed by atoms with Crippen LogP contribution in [0, 0.1) is 11.3 Å². The molecule has 25 heavy (non-hydrogen) atoms. The van der Waals surface area contributed by atoms with Crippen LogP contribution >= 0.6 is 11.6 Å². The van der Waals surface area contributed by atoms with Gasteiger partial charge < -0.3 is 4.74 Å². The van der Waals surface area contributed by atoms with Gasteiger partial charge in [0, 0.05) is 17.5 Å². The van der Waals surface area contributed by atoms with Gasteiger partial charge in [0.15, 0.2) is 0 Å². The average Bonchev–Trinajstić information content (AvgIpc) is 2.62. The molecular formula is C19H18ClN3O2. The summed E-state index contributed by atoms with van der Waals surface area (Å²) in [6.07, 6.45) is 1.82. The van der Waals surface area contributed by atoms with E-state index in [0.717, 1.165) is 11.1 Å². The Kier molecular flexibility index (Phi) is 7.00. The van der Waals surface area contributed by atoms with Crippen LogP contribution in [0.25, 0.3) is 0 Å². The molecule has 0 radical (unpaired) electrons. The molecule has 0 spiro atoms. The molecule has 0 aliphatic rings. The number of nitriles is 1. The lowest BCUT2D eigenvalue weighted by atomic mass is 10.2. The third-order valence-electron chi connectivity index (χ3n) is 3.38. The third kappa shape index (κ3) is 5.94. The molecule has 1 amide bonds. The van der Waals surface area contributed by atoms with Crippen molar-refractivity contribution in [3.8, 4) is 11.8 Å². The van der Waals surface area contributed by atoms with E-state index < -0.39 is 0 Å². The molecule has 2 aromatic rings. The van der Waals surface area contributed by atoms with Crippen molar-refractivity contribution in [2.75, 3.05) is 6.54 Å². The molecule has 0 fully saturated rings. The highest BCUT2D eigenvalue weighted by atomic mass is 35.5. The van der Waals surface area contributed by atoms with Gasteiger partial charge in [-0.25, -0.2) is 5.01 Å². The first-order valence-electron chi connectivity index (χ1n) is 7.75. The van der Waals surface area contributed by atoms with E-state index in [1.807, 2.05) is 54.6 Å². The van der Waals surface area contributed by atoms with Crippen molar-refractivity contribution in [1.29, 1.82) is 5.26 Å². The summed E-state index contributed by atoms with van der Waals surface area (Å²) in [5, 5.41) is 14.7. The summed E-state index contributed by atoms with van der Waals surface area (Å²) >= 11 is 6.10. The lowest BCUT2D eigenvalue weighted by Gasteiger charge is -2.12. The van der Waals surface area contributed by atoms with Gasteiger partial charge in [0.1, 0.15) is 12.4 Å². The number of hydrazone groups is 1. The number of ether oxygens (including phenoxy) is 1. The number of amides is 1. The largest absolute Gasteiger partial charge is 0.489 e. The van der Waals surface area contributed by atoms with E-state index in [4.69, 9.17) is 21.6 Å². The Labute approximate surface area is 152 Å². The first-order valence-corrected chi connectivity index (χ1v) is 8.13. The molecule has 0 aliphatic carbocycles. The zero-order valence-corrected chi connectivity index (χ0v) is 14.6. The van der Waals surface area contributed by atoms with Crippen LogP contribution < -0.4 is 4.74 Å². The van der Waals surface area contributed by atoms with Gasteiger partial charge in [-0.2, -0.15) is 10.4 Å². The minimum absolute atomic E-state index is 0.203. The summed E-state index contributed by atoms with van der Waals surface area (Å²) in [5.41, 5.74) is 1.75. The number of carbonyl (C=O) groups excluding carboxylic acids is 1. The van der Waals surface area contributed by atoms with Crippen LogP contribution in [0.3, 0.4) is 0 Å². The maximum absolute atomic E-state index is 11.4. The molecule has 0 saturated heterocycles. The van der Waals surface area contributed by atoms with Crippen molar-refractivity contribution >= 4 is 23.7 Å². The molecule has 128 valence electrons. The summed E-state index contributed by atoms with van der Waals surface area (Å²) in [5.74, 6) is 0.510. The SMILES string of the molecule is CC(=O)N(CCC#N)/N=C/c1ccc(OCc2ccccc2Cl)cc1. The molecule has 5 nitrogen and oxygen atoms in total. The van der Waals surface area contributed by atoms with E-state index in [9.17, 15) is 4.79 Å². The fourth-order valence-corrected chi connectivity index (χ4v) is 2.21. The predicted molar refractivity (Wildman–Crippen MR) is 97.4 cm³/mol. The molecule has 6 heteroatoms. The van der Waals surface area contributed by atoms with Crippen molar-refractivity contribution in [2.45, 2.75) is 20.0 Å². The standard InChI is InChI=1S/C19H18ClN3O2/c1-15(24)23(12-4-11-21)22-13-16-7-9-18(10-8-16)25-14-17-5-2-3-6-19(17)20/h2-3,5-10,13H,4,12,14H2,1H3/b22-13+. The normalized spacial score (nSPS) is 10.4. The Hall–Kier alpha value is -2.84. The molecule has 0 unspecified atom stereocenters. The topological polar surface area (TPSA) is 65.7 Å². The Morgan fingerprint density at radius 2 is 2.00 bits per heavy atom. The van der Waals surface area contributed by atoms with Gasteiger partial charge in [-0.05, 0) is 35.9 Å². The third-order valence-corrected chi connectivity index (χ3v) is 3.75. The first-order chi connectivity index (χ1) is 12.1. The lowest BCUT2D eigenvalue weighted by molar-refractivity contribution is -0.128. The fourth-order valence-electron chi connectivity index (χ4n) is 2.02. The van der Waals surface area contributed by atoms with E-state index in [1.165, 1.54) is 11.9 Å². The van der Waals surface area contributed by atoms with Gasteiger partial charge in [0.25, 0.3) is 0 Å². The number of rotatable bonds is 7. The lowest BCUT2D eigenvalue weighted by Crippen LogP contribution is -2.24. The van der Waals surface area contributed by atoms with Crippen LogP contribution in [0.15, 0.2) is 53.6 Å². The van der Waals surface area contributed by atoms with Crippen LogP contribution in [0.4, 0.5) is 0 Å². The smallest absolute Gasteiger partial charge is 0.239 e. The molecule has 2 rings (SSSR count). The fraction of sp³-hybridized carbons (Fsp3) is 0.211. The number of halogens is 1. The van der Waals surface area contributed by atoms with E-state index >= 15 is 0 Å². The van der Waals surface area contributed by atoms with E-state index in [1.54, 1.807) is 6.21 Å². The summed E-state index contributed by atoms with van der Waals surface area (Å²) in [4.78, 5) is 11.4. The quantitative estimate of drug-likeness (QED) is 0.556. The van der Waals surface area contributed by atoms with Crippen LogP contribution in [0.2, 0.25) is 5.02 Å². The molecule has 0 atom stereocenters. The summed E-state index contributed by atoms with van der Waals surface area (Å²) in [7, 11) is 0. The highest BCUT2D eigenvalue weighted by Crippen LogP contribution is 2.18. The predicted octanol–water partition coefficient (Wildman–Crippen LogP) is 4.02. The Morgan fingerprint density at radius 1 is 1.28 bits per heavy atom. The van der Waals surface area contributed by atoms with Crippen LogP contribution in [-0.4, -0.2) is 23.7 Å². The number of carbonyl (C=O) groups is 1. The van der Waals surface area contributed by atoms with E-state index in [-0.39, 0.29) is 18.9 Å². The van der Waals surface area contributed by atoms with Crippen molar-refractivity contribution < 1.29 is 9.53 Å². The molecule has 0 N–H and O–H groups in total. The van der Waals surface area contributed by atoms with Gasteiger partial charge in [0.05, 0.1) is 25.2 Å². The first kappa shape index (κ1) is 18.5. The summed E-state index contributed by atoms with van der Waals surface area (Å²) < 4.78 is 5.72. The van der Waals surface area contributed by atoms with Crippen molar-refractivity contribution in [1.82, 2.24) is 5.01 Å². The average molecular weight is 356 g/mol. The number of benzene rings is 2. The molecule has 0 aliphatic heterocycles. The summed E-state index contributed by atoms with van der Waals surface area (Å²) in [6.45, 7) is 2.08. The maximum atomic E-state index is 11.4. The second kappa shape index (κ2) is 9.45. The zero-order valence-electron chi connectivity index (χ0n) is 13.9. The second-order valence-electron chi connectivity index (χ2n) is 5.24. The van der Waals surface area contributed by atoms with Crippen LogP contribution in [0.5, 0.6) is 5.75 Å². The highest BCUT2D eigenvalue weighted by Gasteiger charge is 2.05. The van der Waals surface area contributed by atoms with E-state index in [2.05, 4.69) is 5.10 Å². The highest BCUT2D eigenvalue weighted by molar-refractivity contribution is 6.31. The number of nitrogens with zero attached hydrogens (tertiary/aromatic N) is 3. The van der Waals surface area contributed by atoms with Crippen molar-refractivity contribution in [2.24, 2.45) is 5.10 Å². The zero-order chi connectivity index (χ0) is 18.1. The van der Waals surface area contributed by atoms with Gasteiger partial charge in [0.2, 0.25) is 5.91 Å². The Bertz CT molecular complexity index is 782. The summed E-state index contributed by atoms with van der Waals surface area (Å²) in [6, 6.07) is 16.9. The van der Waals surface area contributed by atoms with Crippen LogP contribution in [0.1, 0.15) is 24.5 Å². The van der Waals surface area contributed by atoms with Crippen molar-refractivity contribution in [3.05, 3.63) is 64.7 Å². The van der Waals surface area contributed by atoms with Gasteiger partial charge >= 0.3 is 0 Å². The molecule has 0 heterocycles. The maximum Gasteiger partial charge on any atom is 0.239 e. The van der Waals surface area contributed by atoms with Gasteiger partial charge in [-0.1, -0.05) is 29.8 Å². The Morgan fingerprint density at radius 3 is 2.64 bits per heavy atom. The second-order valence-corrected chi connectivity index (χ2v) is 5.65. The van der Waals surface area contributed by atoms with Gasteiger partial charge in [-0.15, -0.1) is 0 Å². The van der Waals surface area contributed by atoms with E-state index in [0.29, 0.717) is 17.4 Å². The molecule has 0 bridgehead atoms. The minimum atomic E-state index is -0.203. The molecular weight excluding hydrogens is 338 g/mol. The number of hydrogen-bond donors (Lipinski definition) is 0. The molecule has 0 aromatic heterocycles. The molecule has 2 aromatic carbocycles. The monoisotopic (exact) mass is 355 g/mol. The molecule has 0 saturated carbocycles.